The van der Waals surface area contributed by atoms with Crippen LogP contribution in [0.1, 0.15) is 36.6 Å². The number of hydrogen-bond acceptors (Lipinski definition) is 5. The van der Waals surface area contributed by atoms with Crippen molar-refractivity contribution in [3.8, 4) is 11.8 Å². The number of rotatable bonds is 7. The largest absolute Gasteiger partial charge is 0.382 e. The van der Waals surface area contributed by atoms with Crippen molar-refractivity contribution >= 4 is 16.9 Å². The Bertz CT molecular complexity index is 923. The van der Waals surface area contributed by atoms with Gasteiger partial charge >= 0.3 is 0 Å². The molecule has 0 N–H and O–H groups in total. The minimum absolute atomic E-state index is 0.0781. The van der Waals surface area contributed by atoms with Crippen molar-refractivity contribution < 1.29 is 9.47 Å². The molecule has 4 nitrogen and oxygen atoms in total. The van der Waals surface area contributed by atoms with Gasteiger partial charge in [-0.05, 0) is 72.5 Å². The van der Waals surface area contributed by atoms with Crippen LogP contribution in [-0.2, 0) is 9.47 Å². The van der Waals surface area contributed by atoms with E-state index in [1.165, 1.54) is 49.3 Å². The van der Waals surface area contributed by atoms with Crippen LogP contribution in [0.2, 0.25) is 0 Å². The van der Waals surface area contributed by atoms with Crippen molar-refractivity contribution in [2.45, 2.75) is 32.3 Å². The monoisotopic (exact) mass is 438 g/mol. The fourth-order valence-corrected chi connectivity index (χ4v) is 5.32. The van der Waals surface area contributed by atoms with Crippen molar-refractivity contribution in [2.24, 2.45) is 0 Å². The van der Waals surface area contributed by atoms with E-state index in [1.54, 1.807) is 29.6 Å². The number of ether oxygens (including phenoxy) is 2. The smallest absolute Gasteiger partial charge is 0.108 e. The first-order valence-electron chi connectivity index (χ1n) is 11.3. The molecule has 1 unspecified atom stereocenters. The zero-order valence-corrected chi connectivity index (χ0v) is 19.9. The van der Waals surface area contributed by atoms with Crippen LogP contribution in [-0.4, -0.2) is 76.0 Å². The maximum absolute atomic E-state index is 5.63. The molecule has 0 spiro atoms. The fourth-order valence-electron chi connectivity index (χ4n) is 4.53. The summed E-state index contributed by atoms with van der Waals surface area (Å²) in [7, 11) is 3.91. The van der Waals surface area contributed by atoms with E-state index in [2.05, 4.69) is 52.3 Å². The van der Waals surface area contributed by atoms with Crippen molar-refractivity contribution in [2.75, 3.05) is 60.1 Å². The molecule has 0 amide bonds. The average Bonchev–Trinajstić information content (AvgIpc) is 3.39. The Hall–Kier alpha value is -1.68. The highest BCUT2D eigenvalue weighted by molar-refractivity contribution is 7.10. The molecule has 1 aliphatic heterocycles. The van der Waals surface area contributed by atoms with Crippen molar-refractivity contribution in [3.05, 3.63) is 50.8 Å². The standard InChI is InChI=1S/C26H34N2O2S/c1-20(18-29-3)30-14-4-5-24-16-23(19-31-24)26-9-7-22-15-21(6-8-25(22)26)17-28-12-10-27(2)11-13-28/h6,15-16,19-20H,7-14,17-18H2,1-3H3. The molecule has 0 aromatic carbocycles. The summed E-state index contributed by atoms with van der Waals surface area (Å²) in [6.07, 6.45) is 8.40. The summed E-state index contributed by atoms with van der Waals surface area (Å²) in [5.41, 5.74) is 7.49. The molecule has 31 heavy (non-hydrogen) atoms. The van der Waals surface area contributed by atoms with Gasteiger partial charge in [-0.2, -0.15) is 0 Å². The molecule has 2 heterocycles. The Morgan fingerprint density at radius 3 is 2.81 bits per heavy atom. The fraction of sp³-hybridized carbons (Fsp3) is 0.538. The minimum atomic E-state index is 0.0781. The predicted octanol–water partition coefficient (Wildman–Crippen LogP) is 4.20. The van der Waals surface area contributed by atoms with E-state index in [1.807, 2.05) is 6.92 Å². The molecule has 166 valence electrons. The third kappa shape index (κ3) is 5.97. The number of thiophene rings is 1. The average molecular weight is 439 g/mol. The van der Waals surface area contributed by atoms with Gasteiger partial charge in [0.15, 0.2) is 0 Å². The molecule has 5 heteroatoms. The van der Waals surface area contributed by atoms with Gasteiger partial charge in [0.05, 0.1) is 17.6 Å². The zero-order chi connectivity index (χ0) is 21.6. The molecular formula is C26H34N2O2S. The second-order valence-corrected chi connectivity index (χ2v) is 9.68. The number of piperazine rings is 1. The Kier molecular flexibility index (Phi) is 7.81. The lowest BCUT2D eigenvalue weighted by atomic mass is 9.93. The summed E-state index contributed by atoms with van der Waals surface area (Å²) in [6, 6.07) is 2.25. The van der Waals surface area contributed by atoms with E-state index in [0.29, 0.717) is 13.2 Å². The van der Waals surface area contributed by atoms with Crippen LogP contribution in [0.5, 0.6) is 0 Å². The lowest BCUT2D eigenvalue weighted by molar-refractivity contribution is 0.0250. The normalized spacial score (nSPS) is 20.7. The van der Waals surface area contributed by atoms with Gasteiger partial charge in [-0.25, -0.2) is 0 Å². The van der Waals surface area contributed by atoms with Crippen LogP contribution < -0.4 is 0 Å². The number of hydrogen-bond donors (Lipinski definition) is 0. The van der Waals surface area contributed by atoms with Gasteiger partial charge in [0.25, 0.3) is 0 Å². The number of allylic oxidation sites excluding steroid dienone is 4. The summed E-state index contributed by atoms with van der Waals surface area (Å²) >= 11 is 1.74. The van der Waals surface area contributed by atoms with Crippen LogP contribution in [0.25, 0.3) is 5.57 Å². The molecule has 0 saturated carbocycles. The Labute approximate surface area is 191 Å². The van der Waals surface area contributed by atoms with E-state index in [9.17, 15) is 0 Å². The second-order valence-electron chi connectivity index (χ2n) is 8.77. The topological polar surface area (TPSA) is 24.9 Å². The molecule has 1 aromatic heterocycles. The number of fused-ring (bicyclic) bond motifs is 1. The first-order valence-corrected chi connectivity index (χ1v) is 12.2. The Balaban J connectivity index is 1.35. The highest BCUT2D eigenvalue weighted by Crippen LogP contribution is 2.43. The molecule has 0 radical (unpaired) electrons. The van der Waals surface area contributed by atoms with Crippen LogP contribution in [0.15, 0.2) is 40.3 Å². The summed E-state index contributed by atoms with van der Waals surface area (Å²) in [6.45, 7) is 8.87. The molecule has 0 bridgehead atoms. The molecule has 3 aliphatic rings. The molecular weight excluding hydrogens is 404 g/mol. The summed E-state index contributed by atoms with van der Waals surface area (Å²) < 4.78 is 10.7. The number of nitrogens with zero attached hydrogens (tertiary/aromatic N) is 2. The van der Waals surface area contributed by atoms with Gasteiger partial charge in [0.2, 0.25) is 0 Å². The quantitative estimate of drug-likeness (QED) is 0.596. The van der Waals surface area contributed by atoms with E-state index in [4.69, 9.17) is 9.47 Å². The van der Waals surface area contributed by atoms with Gasteiger partial charge in [-0.3, -0.25) is 4.90 Å². The highest BCUT2D eigenvalue weighted by atomic mass is 32.1. The van der Waals surface area contributed by atoms with E-state index in [0.717, 1.165) is 24.3 Å². The summed E-state index contributed by atoms with van der Waals surface area (Å²) in [4.78, 5) is 6.13. The minimum Gasteiger partial charge on any atom is -0.382 e. The van der Waals surface area contributed by atoms with E-state index >= 15 is 0 Å². The maximum Gasteiger partial charge on any atom is 0.108 e. The van der Waals surface area contributed by atoms with Gasteiger partial charge < -0.3 is 14.4 Å². The lowest BCUT2D eigenvalue weighted by Gasteiger charge is -2.33. The highest BCUT2D eigenvalue weighted by Gasteiger charge is 2.24. The first kappa shape index (κ1) is 22.5. The number of methoxy groups -OCH3 is 1. The van der Waals surface area contributed by atoms with Crippen LogP contribution in [0, 0.1) is 11.8 Å². The third-order valence-corrected chi connectivity index (χ3v) is 7.17. The predicted molar refractivity (Wildman–Crippen MR) is 129 cm³/mol. The van der Waals surface area contributed by atoms with Gasteiger partial charge in [-0.1, -0.05) is 24.0 Å². The molecule has 1 atom stereocenters. The van der Waals surface area contributed by atoms with Crippen molar-refractivity contribution in [1.29, 1.82) is 0 Å². The van der Waals surface area contributed by atoms with Crippen LogP contribution in [0.3, 0.4) is 0 Å². The molecule has 1 aromatic rings. The van der Waals surface area contributed by atoms with E-state index < -0.39 is 0 Å². The summed E-state index contributed by atoms with van der Waals surface area (Å²) in [5.74, 6) is 6.39. The third-order valence-electron chi connectivity index (χ3n) is 6.33. The SMILES string of the molecule is COCC(C)OCC#Cc1cc(C2=C3CC=C(CN4CCN(C)CC4)C=C3CC2)cs1. The first-order chi connectivity index (χ1) is 15.1. The molecule has 1 fully saturated rings. The molecule has 2 aliphatic carbocycles. The summed E-state index contributed by atoms with van der Waals surface area (Å²) in [5, 5.41) is 2.27. The van der Waals surface area contributed by atoms with Crippen molar-refractivity contribution in [1.82, 2.24) is 9.80 Å². The van der Waals surface area contributed by atoms with Crippen LogP contribution >= 0.6 is 11.3 Å². The Morgan fingerprint density at radius 1 is 1.16 bits per heavy atom. The van der Waals surface area contributed by atoms with E-state index in [-0.39, 0.29) is 6.10 Å². The Morgan fingerprint density at radius 2 is 2.00 bits per heavy atom. The number of likely N-dealkylation sites (N-methyl/N-ethyl adjacent to an activating group) is 1. The molecule has 4 rings (SSSR count). The maximum atomic E-state index is 5.63. The van der Waals surface area contributed by atoms with Crippen LogP contribution in [0.4, 0.5) is 0 Å². The second kappa shape index (κ2) is 10.8. The zero-order valence-electron chi connectivity index (χ0n) is 19.1. The van der Waals surface area contributed by atoms with Gasteiger partial charge in [0.1, 0.15) is 6.61 Å². The van der Waals surface area contributed by atoms with Crippen molar-refractivity contribution in [3.63, 3.8) is 0 Å². The lowest BCUT2D eigenvalue weighted by Crippen LogP contribution is -2.45. The van der Waals surface area contributed by atoms with Gasteiger partial charge in [0, 0.05) is 39.8 Å². The van der Waals surface area contributed by atoms with Gasteiger partial charge in [-0.15, -0.1) is 11.3 Å². The molecule has 1 saturated heterocycles.